The molecule has 1 rings (SSSR count). The monoisotopic (exact) mass is 358 g/mol. The van der Waals surface area contributed by atoms with E-state index in [2.05, 4.69) is 5.32 Å². The number of esters is 1. The van der Waals surface area contributed by atoms with Gasteiger partial charge in [-0.25, -0.2) is 4.79 Å². The van der Waals surface area contributed by atoms with Crippen molar-refractivity contribution in [3.8, 4) is 0 Å². The van der Waals surface area contributed by atoms with E-state index >= 15 is 0 Å². The zero-order valence-corrected chi connectivity index (χ0v) is 16.2. The van der Waals surface area contributed by atoms with Gasteiger partial charge in [0.15, 0.2) is 0 Å². The number of aliphatic hydroxyl groups excluding tert-OH is 1. The van der Waals surface area contributed by atoms with E-state index in [4.69, 9.17) is 15.2 Å². The lowest BCUT2D eigenvalue weighted by Crippen LogP contribution is -2.51. The van der Waals surface area contributed by atoms with Crippen LogP contribution in [0, 0.1) is 17.8 Å². The number of carbonyl (C=O) groups excluding carboxylic acids is 2. The molecule has 146 valence electrons. The molecule has 0 bridgehead atoms. The maximum atomic E-state index is 12.2. The van der Waals surface area contributed by atoms with Crippen LogP contribution in [0.2, 0.25) is 0 Å². The van der Waals surface area contributed by atoms with Crippen molar-refractivity contribution in [1.82, 2.24) is 5.32 Å². The fourth-order valence-electron chi connectivity index (χ4n) is 3.72. The van der Waals surface area contributed by atoms with E-state index in [1.807, 2.05) is 13.8 Å². The third-order valence-corrected chi connectivity index (χ3v) is 5.02. The van der Waals surface area contributed by atoms with Crippen LogP contribution in [0.25, 0.3) is 0 Å². The highest BCUT2D eigenvalue weighted by Gasteiger charge is 2.50. The molecule has 1 unspecified atom stereocenters. The molecule has 0 spiro atoms. The SMILES string of the molecule is CCC(CC)[C@H](N)C1[C@H](NC(=O)OC(C)(C)C)C[C@H](C(=O)OC)[C@H]1O. The highest BCUT2D eigenvalue weighted by atomic mass is 16.6. The highest BCUT2D eigenvalue weighted by molar-refractivity contribution is 5.74. The Bertz CT molecular complexity index is 459. The Kier molecular flexibility index (Phi) is 7.68. The molecule has 1 amide bonds. The number of nitrogens with two attached hydrogens (primary N) is 1. The van der Waals surface area contributed by atoms with Gasteiger partial charge in [-0.3, -0.25) is 4.79 Å². The van der Waals surface area contributed by atoms with Crippen LogP contribution in [0.15, 0.2) is 0 Å². The summed E-state index contributed by atoms with van der Waals surface area (Å²) < 4.78 is 10.1. The van der Waals surface area contributed by atoms with Gasteiger partial charge in [-0.1, -0.05) is 26.7 Å². The minimum atomic E-state index is -0.956. The van der Waals surface area contributed by atoms with E-state index in [0.29, 0.717) is 0 Å². The first-order chi connectivity index (χ1) is 11.6. The maximum absolute atomic E-state index is 12.2. The normalized spacial score (nSPS) is 27.9. The van der Waals surface area contributed by atoms with E-state index in [-0.39, 0.29) is 18.4 Å². The second-order valence-corrected chi connectivity index (χ2v) is 7.84. The molecular formula is C18H34N2O5. The van der Waals surface area contributed by atoms with Crippen molar-refractivity contribution in [3.63, 3.8) is 0 Å². The zero-order valence-electron chi connectivity index (χ0n) is 16.2. The van der Waals surface area contributed by atoms with Crippen LogP contribution in [0.3, 0.4) is 0 Å². The Labute approximate surface area is 150 Å². The zero-order chi connectivity index (χ0) is 19.4. The van der Waals surface area contributed by atoms with Crippen LogP contribution in [0.4, 0.5) is 4.79 Å². The fourth-order valence-corrected chi connectivity index (χ4v) is 3.72. The minimum absolute atomic E-state index is 0.194. The molecule has 0 aromatic carbocycles. The summed E-state index contributed by atoms with van der Waals surface area (Å²) in [7, 11) is 1.29. The third-order valence-electron chi connectivity index (χ3n) is 5.02. The molecule has 0 radical (unpaired) electrons. The highest BCUT2D eigenvalue weighted by Crippen LogP contribution is 2.37. The summed E-state index contributed by atoms with van der Waals surface area (Å²) in [5.74, 6) is -1.42. The van der Waals surface area contributed by atoms with Gasteiger partial charge in [-0.15, -0.1) is 0 Å². The molecule has 1 saturated carbocycles. The molecule has 25 heavy (non-hydrogen) atoms. The van der Waals surface area contributed by atoms with Crippen molar-refractivity contribution in [3.05, 3.63) is 0 Å². The van der Waals surface area contributed by atoms with Crippen LogP contribution >= 0.6 is 0 Å². The largest absolute Gasteiger partial charge is 0.469 e. The van der Waals surface area contributed by atoms with Crippen LogP contribution in [0.1, 0.15) is 53.9 Å². The van der Waals surface area contributed by atoms with Crippen molar-refractivity contribution in [1.29, 1.82) is 0 Å². The first kappa shape index (κ1) is 21.7. The summed E-state index contributed by atoms with van der Waals surface area (Å²) in [6, 6.07) is -0.774. The molecular weight excluding hydrogens is 324 g/mol. The number of alkyl carbamates (subject to hydrolysis) is 1. The lowest BCUT2D eigenvalue weighted by Gasteiger charge is -2.33. The molecule has 1 aliphatic carbocycles. The van der Waals surface area contributed by atoms with Gasteiger partial charge in [0, 0.05) is 18.0 Å². The second-order valence-electron chi connectivity index (χ2n) is 7.84. The molecule has 7 nitrogen and oxygen atoms in total. The first-order valence-corrected chi connectivity index (χ1v) is 9.06. The number of amides is 1. The van der Waals surface area contributed by atoms with Crippen molar-refractivity contribution < 1.29 is 24.2 Å². The van der Waals surface area contributed by atoms with Crippen molar-refractivity contribution in [2.75, 3.05) is 7.11 Å². The number of nitrogens with one attached hydrogen (secondary N) is 1. The van der Waals surface area contributed by atoms with Gasteiger partial charge in [0.2, 0.25) is 0 Å². The molecule has 0 heterocycles. The summed E-state index contributed by atoms with van der Waals surface area (Å²) in [6.45, 7) is 9.43. The summed E-state index contributed by atoms with van der Waals surface area (Å²) in [6.07, 6.45) is 0.484. The Hall–Kier alpha value is -1.34. The molecule has 7 heteroatoms. The van der Waals surface area contributed by atoms with Gasteiger partial charge >= 0.3 is 12.1 Å². The van der Waals surface area contributed by atoms with Crippen molar-refractivity contribution in [2.24, 2.45) is 23.5 Å². The average molecular weight is 358 g/mol. The smallest absolute Gasteiger partial charge is 0.407 e. The van der Waals surface area contributed by atoms with Gasteiger partial charge in [0.25, 0.3) is 0 Å². The second kappa shape index (κ2) is 8.85. The maximum Gasteiger partial charge on any atom is 0.407 e. The Balaban J connectivity index is 3.00. The van der Waals surface area contributed by atoms with Gasteiger partial charge < -0.3 is 25.6 Å². The summed E-state index contributed by atoms with van der Waals surface area (Å²) in [5.41, 5.74) is 5.80. The predicted molar refractivity (Wildman–Crippen MR) is 94.8 cm³/mol. The van der Waals surface area contributed by atoms with E-state index in [1.54, 1.807) is 20.8 Å². The molecule has 1 aliphatic rings. The number of hydrogen-bond donors (Lipinski definition) is 3. The van der Waals surface area contributed by atoms with Crippen molar-refractivity contribution in [2.45, 2.75) is 77.7 Å². The molecule has 0 aliphatic heterocycles. The Morgan fingerprint density at radius 1 is 1.28 bits per heavy atom. The van der Waals surface area contributed by atoms with Crippen LogP contribution in [0.5, 0.6) is 0 Å². The summed E-state index contributed by atoms with van der Waals surface area (Å²) in [4.78, 5) is 24.2. The summed E-state index contributed by atoms with van der Waals surface area (Å²) >= 11 is 0. The van der Waals surface area contributed by atoms with E-state index < -0.39 is 41.6 Å². The van der Waals surface area contributed by atoms with Gasteiger partial charge in [0.05, 0.1) is 19.1 Å². The first-order valence-electron chi connectivity index (χ1n) is 9.06. The minimum Gasteiger partial charge on any atom is -0.469 e. The average Bonchev–Trinajstić information content (AvgIpc) is 2.81. The third kappa shape index (κ3) is 5.57. The van der Waals surface area contributed by atoms with E-state index in [0.717, 1.165) is 12.8 Å². The number of carbonyl (C=O) groups is 2. The van der Waals surface area contributed by atoms with Gasteiger partial charge in [-0.2, -0.15) is 0 Å². The van der Waals surface area contributed by atoms with Gasteiger partial charge in [-0.05, 0) is 33.1 Å². The van der Waals surface area contributed by atoms with Crippen LogP contribution < -0.4 is 11.1 Å². The van der Waals surface area contributed by atoms with E-state index in [1.165, 1.54) is 7.11 Å². The van der Waals surface area contributed by atoms with Crippen LogP contribution in [-0.2, 0) is 14.3 Å². The number of aliphatic hydroxyl groups is 1. The molecule has 4 N–H and O–H groups in total. The molecule has 0 aromatic rings. The lowest BCUT2D eigenvalue weighted by molar-refractivity contribution is -0.149. The van der Waals surface area contributed by atoms with E-state index in [9.17, 15) is 14.7 Å². The number of ether oxygens (including phenoxy) is 2. The lowest BCUT2D eigenvalue weighted by atomic mass is 9.81. The van der Waals surface area contributed by atoms with Gasteiger partial charge in [0.1, 0.15) is 5.60 Å². The number of methoxy groups -OCH3 is 1. The fraction of sp³-hybridized carbons (Fsp3) is 0.889. The standard InChI is InChI=1S/C18H34N2O5/c1-7-10(8-2)14(19)13-12(20-17(23)25-18(3,4)5)9-11(15(13)21)16(22)24-6/h10-15,21H,7-9,19H2,1-6H3,(H,20,23)/t11-,12+,13?,14-,15+/m0/s1. The molecule has 1 fully saturated rings. The topological polar surface area (TPSA) is 111 Å². The van der Waals surface area contributed by atoms with Crippen molar-refractivity contribution >= 4 is 12.1 Å². The number of hydrogen-bond acceptors (Lipinski definition) is 6. The number of rotatable bonds is 6. The molecule has 0 saturated heterocycles. The quantitative estimate of drug-likeness (QED) is 0.625. The Morgan fingerprint density at radius 3 is 2.28 bits per heavy atom. The summed E-state index contributed by atoms with van der Waals surface area (Å²) in [5, 5.41) is 13.5. The predicted octanol–water partition coefficient (Wildman–Crippen LogP) is 1.81. The Morgan fingerprint density at radius 2 is 1.84 bits per heavy atom. The molecule has 5 atom stereocenters. The van der Waals surface area contributed by atoms with Crippen LogP contribution in [-0.4, -0.2) is 48.1 Å². The molecule has 0 aromatic heterocycles.